The molecule has 18 heavy (non-hydrogen) atoms. The van der Waals surface area contributed by atoms with Crippen LogP contribution in [0.1, 0.15) is 45.4 Å². The van der Waals surface area contributed by atoms with Crippen LogP contribution >= 0.6 is 0 Å². The van der Waals surface area contributed by atoms with E-state index < -0.39 is 6.10 Å². The van der Waals surface area contributed by atoms with E-state index in [4.69, 9.17) is 4.74 Å². The topological polar surface area (TPSA) is 32.7 Å². The second-order valence-corrected chi connectivity index (χ2v) is 4.92. The third-order valence-corrected chi connectivity index (χ3v) is 3.33. The van der Waals surface area contributed by atoms with Crippen molar-refractivity contribution in [3.8, 4) is 11.8 Å². The maximum atomic E-state index is 9.40. The van der Waals surface area contributed by atoms with Crippen molar-refractivity contribution in [3.05, 3.63) is 0 Å². The molecule has 0 bridgehead atoms. The van der Waals surface area contributed by atoms with Gasteiger partial charge >= 0.3 is 0 Å². The largest absolute Gasteiger partial charge is 0.380 e. The molecule has 1 saturated heterocycles. The lowest BCUT2D eigenvalue weighted by molar-refractivity contribution is 0.0922. The number of rotatable bonds is 8. The second-order valence-electron chi connectivity index (χ2n) is 4.92. The number of piperidine rings is 1. The molecule has 1 aliphatic rings. The molecule has 1 atom stereocenters. The van der Waals surface area contributed by atoms with Crippen LogP contribution in [0.5, 0.6) is 0 Å². The maximum absolute atomic E-state index is 9.40. The van der Waals surface area contributed by atoms with Crippen molar-refractivity contribution >= 4 is 0 Å². The van der Waals surface area contributed by atoms with Gasteiger partial charge < -0.3 is 14.7 Å². The van der Waals surface area contributed by atoms with Gasteiger partial charge in [-0.3, -0.25) is 0 Å². The number of likely N-dealkylation sites (tertiary alicyclic amines) is 1. The molecule has 3 heteroatoms. The van der Waals surface area contributed by atoms with Gasteiger partial charge in [-0.25, -0.2) is 0 Å². The van der Waals surface area contributed by atoms with Crippen molar-refractivity contribution in [1.29, 1.82) is 0 Å². The van der Waals surface area contributed by atoms with Crippen LogP contribution in [0.25, 0.3) is 0 Å². The Morgan fingerprint density at radius 1 is 1.17 bits per heavy atom. The molecule has 0 aromatic heterocycles. The predicted molar refractivity (Wildman–Crippen MR) is 74.4 cm³/mol. The van der Waals surface area contributed by atoms with Crippen LogP contribution in [0.2, 0.25) is 0 Å². The minimum absolute atomic E-state index is 0.455. The van der Waals surface area contributed by atoms with Gasteiger partial charge in [0.1, 0.15) is 6.10 Å². The van der Waals surface area contributed by atoms with Crippen LogP contribution in [-0.2, 0) is 4.74 Å². The predicted octanol–water partition coefficient (Wildman–Crippen LogP) is 2.04. The average molecular weight is 253 g/mol. The molecule has 0 aromatic carbocycles. The van der Waals surface area contributed by atoms with Gasteiger partial charge in [-0.15, -0.1) is 5.92 Å². The molecule has 0 aliphatic carbocycles. The van der Waals surface area contributed by atoms with E-state index >= 15 is 0 Å². The van der Waals surface area contributed by atoms with Crippen molar-refractivity contribution in [2.45, 2.75) is 51.6 Å². The summed E-state index contributed by atoms with van der Waals surface area (Å²) in [6.45, 7) is 6.96. The molecule has 1 N–H and O–H groups in total. The highest BCUT2D eigenvalue weighted by atomic mass is 16.5. The molecule has 1 rings (SSSR count). The zero-order valence-electron chi connectivity index (χ0n) is 11.7. The van der Waals surface area contributed by atoms with Crippen LogP contribution in [0, 0.1) is 11.8 Å². The summed E-state index contributed by atoms with van der Waals surface area (Å²) in [4.78, 5) is 2.49. The number of aliphatic hydroxyl groups excluding tert-OH is 1. The Morgan fingerprint density at radius 3 is 2.67 bits per heavy atom. The van der Waals surface area contributed by atoms with Crippen molar-refractivity contribution in [2.24, 2.45) is 0 Å². The minimum Gasteiger partial charge on any atom is -0.380 e. The normalized spacial score (nSPS) is 18.1. The molecule has 1 aliphatic heterocycles. The third-order valence-electron chi connectivity index (χ3n) is 3.33. The molecule has 104 valence electrons. The van der Waals surface area contributed by atoms with E-state index in [9.17, 15) is 5.11 Å². The fraction of sp³-hybridized carbons (Fsp3) is 0.867. The van der Waals surface area contributed by atoms with Crippen molar-refractivity contribution < 1.29 is 9.84 Å². The van der Waals surface area contributed by atoms with E-state index in [0.29, 0.717) is 0 Å². The molecule has 0 spiro atoms. The third kappa shape index (κ3) is 7.71. The van der Waals surface area contributed by atoms with Gasteiger partial charge in [0, 0.05) is 13.2 Å². The molecule has 0 radical (unpaired) electrons. The SMILES string of the molecule is CC#CC(O)CCCCOCCN1CCCCC1. The molecule has 1 unspecified atom stereocenters. The van der Waals surface area contributed by atoms with E-state index in [1.807, 2.05) is 0 Å². The second kappa shape index (κ2) is 10.4. The molecular weight excluding hydrogens is 226 g/mol. The van der Waals surface area contributed by atoms with E-state index in [0.717, 1.165) is 39.0 Å². The molecule has 1 fully saturated rings. The highest BCUT2D eigenvalue weighted by Gasteiger charge is 2.08. The highest BCUT2D eigenvalue weighted by molar-refractivity contribution is 5.01. The fourth-order valence-corrected chi connectivity index (χ4v) is 2.26. The van der Waals surface area contributed by atoms with E-state index in [2.05, 4.69) is 16.7 Å². The molecule has 0 saturated carbocycles. The zero-order valence-corrected chi connectivity index (χ0v) is 11.7. The highest BCUT2D eigenvalue weighted by Crippen LogP contribution is 2.07. The minimum atomic E-state index is -0.455. The van der Waals surface area contributed by atoms with Gasteiger partial charge in [0.05, 0.1) is 6.61 Å². The fourth-order valence-electron chi connectivity index (χ4n) is 2.26. The van der Waals surface area contributed by atoms with Crippen molar-refractivity contribution in [1.82, 2.24) is 4.90 Å². The first kappa shape index (κ1) is 15.5. The first-order chi connectivity index (χ1) is 8.83. The Hall–Kier alpha value is -0.560. The number of ether oxygens (including phenoxy) is 1. The summed E-state index contributed by atoms with van der Waals surface area (Å²) in [7, 11) is 0. The van der Waals surface area contributed by atoms with Crippen LogP contribution in [-0.4, -0.2) is 49.0 Å². The summed E-state index contributed by atoms with van der Waals surface area (Å²) in [6, 6.07) is 0. The molecule has 1 heterocycles. The van der Waals surface area contributed by atoms with Crippen LogP contribution in [0.4, 0.5) is 0 Å². The van der Waals surface area contributed by atoms with Crippen molar-refractivity contribution in [3.63, 3.8) is 0 Å². The average Bonchev–Trinajstić information content (AvgIpc) is 2.39. The Balaban J connectivity index is 1.84. The smallest absolute Gasteiger partial charge is 0.114 e. The molecule has 3 nitrogen and oxygen atoms in total. The Labute approximate surface area is 112 Å². The summed E-state index contributed by atoms with van der Waals surface area (Å²) < 4.78 is 5.62. The van der Waals surface area contributed by atoms with E-state index in [1.54, 1.807) is 6.92 Å². The van der Waals surface area contributed by atoms with Crippen LogP contribution in [0.15, 0.2) is 0 Å². The number of hydrogen-bond acceptors (Lipinski definition) is 3. The first-order valence-corrected chi connectivity index (χ1v) is 7.23. The summed E-state index contributed by atoms with van der Waals surface area (Å²) in [6.07, 6.45) is 6.38. The first-order valence-electron chi connectivity index (χ1n) is 7.23. The van der Waals surface area contributed by atoms with E-state index in [1.165, 1.54) is 32.4 Å². The van der Waals surface area contributed by atoms with Gasteiger partial charge in [-0.05, 0) is 52.1 Å². The van der Waals surface area contributed by atoms with Gasteiger partial charge in [0.15, 0.2) is 0 Å². The summed E-state index contributed by atoms with van der Waals surface area (Å²) in [5.41, 5.74) is 0. The van der Waals surface area contributed by atoms with E-state index in [-0.39, 0.29) is 0 Å². The van der Waals surface area contributed by atoms with Gasteiger partial charge in [0.25, 0.3) is 0 Å². The number of nitrogens with zero attached hydrogens (tertiary/aromatic N) is 1. The lowest BCUT2D eigenvalue weighted by Crippen LogP contribution is -2.32. The van der Waals surface area contributed by atoms with Crippen LogP contribution < -0.4 is 0 Å². The number of aliphatic hydroxyl groups is 1. The monoisotopic (exact) mass is 253 g/mol. The lowest BCUT2D eigenvalue weighted by atomic mass is 10.1. The van der Waals surface area contributed by atoms with Gasteiger partial charge in [0.2, 0.25) is 0 Å². The summed E-state index contributed by atoms with van der Waals surface area (Å²) in [5, 5.41) is 9.40. The molecule has 0 aromatic rings. The Morgan fingerprint density at radius 2 is 1.94 bits per heavy atom. The van der Waals surface area contributed by atoms with Gasteiger partial charge in [-0.1, -0.05) is 12.3 Å². The summed E-state index contributed by atoms with van der Waals surface area (Å²) >= 11 is 0. The van der Waals surface area contributed by atoms with Crippen LogP contribution in [0.3, 0.4) is 0 Å². The lowest BCUT2D eigenvalue weighted by Gasteiger charge is -2.26. The zero-order chi connectivity index (χ0) is 13.1. The number of hydrogen-bond donors (Lipinski definition) is 1. The maximum Gasteiger partial charge on any atom is 0.114 e. The van der Waals surface area contributed by atoms with Gasteiger partial charge in [-0.2, -0.15) is 0 Å². The number of unbranched alkanes of at least 4 members (excludes halogenated alkanes) is 1. The summed E-state index contributed by atoms with van der Waals surface area (Å²) in [5.74, 6) is 5.48. The quantitative estimate of drug-likeness (QED) is 0.531. The Kier molecular flexibility index (Phi) is 8.93. The van der Waals surface area contributed by atoms with Crippen molar-refractivity contribution in [2.75, 3.05) is 32.8 Å². The molecule has 0 amide bonds. The Bertz CT molecular complexity index is 251. The molecular formula is C15H27NO2. The standard InChI is InChI=1S/C15H27NO2/c1-2-8-15(17)9-4-7-13-18-14-12-16-10-5-3-6-11-16/h15,17H,3-7,9-14H2,1H3.